The van der Waals surface area contributed by atoms with E-state index in [1.807, 2.05) is 36.1 Å². The normalized spacial score (nSPS) is 17.2. The molecule has 1 amide bonds. The molecule has 1 aromatic heterocycles. The zero-order valence-electron chi connectivity index (χ0n) is 14.7. The van der Waals surface area contributed by atoms with Crippen LogP contribution < -0.4 is 10.1 Å². The van der Waals surface area contributed by atoms with Gasteiger partial charge in [-0.3, -0.25) is 4.79 Å². The van der Waals surface area contributed by atoms with E-state index in [4.69, 9.17) is 4.74 Å². The Hall–Kier alpha value is -2.63. The molecule has 3 rings (SSSR count). The molecule has 1 atom stereocenters. The summed E-state index contributed by atoms with van der Waals surface area (Å²) in [4.78, 5) is 23.0. The Balaban J connectivity index is 1.69. The highest BCUT2D eigenvalue weighted by Gasteiger charge is 2.22. The number of carbonyl (C=O) groups is 1. The van der Waals surface area contributed by atoms with Crippen molar-refractivity contribution < 1.29 is 9.53 Å². The SMILES string of the molecule is CCOc1ccccc1Nc1ncc(C(=O)N2CCCC(C)C2)cn1. The van der Waals surface area contributed by atoms with Gasteiger partial charge < -0.3 is 15.0 Å². The molecule has 1 aliphatic heterocycles. The first-order chi connectivity index (χ1) is 12.2. The van der Waals surface area contributed by atoms with Gasteiger partial charge in [0.15, 0.2) is 0 Å². The highest BCUT2D eigenvalue weighted by atomic mass is 16.5. The second kappa shape index (κ2) is 7.96. The summed E-state index contributed by atoms with van der Waals surface area (Å²) in [5.74, 6) is 1.74. The first-order valence-electron chi connectivity index (χ1n) is 8.77. The largest absolute Gasteiger partial charge is 0.492 e. The van der Waals surface area contributed by atoms with Crippen LogP contribution in [0, 0.1) is 5.92 Å². The zero-order valence-corrected chi connectivity index (χ0v) is 14.7. The van der Waals surface area contributed by atoms with Crippen LogP contribution in [0.3, 0.4) is 0 Å². The van der Waals surface area contributed by atoms with Gasteiger partial charge in [-0.1, -0.05) is 19.1 Å². The predicted molar refractivity (Wildman–Crippen MR) is 97.2 cm³/mol. The molecule has 6 heteroatoms. The lowest BCUT2D eigenvalue weighted by Crippen LogP contribution is -2.39. The number of hydrogen-bond acceptors (Lipinski definition) is 5. The molecular formula is C19H24N4O2. The first kappa shape index (κ1) is 17.2. The maximum absolute atomic E-state index is 12.6. The van der Waals surface area contributed by atoms with Crippen molar-refractivity contribution in [1.29, 1.82) is 0 Å². The van der Waals surface area contributed by atoms with Gasteiger partial charge in [-0.2, -0.15) is 0 Å². The summed E-state index contributed by atoms with van der Waals surface area (Å²) in [7, 11) is 0. The van der Waals surface area contributed by atoms with Crippen molar-refractivity contribution in [1.82, 2.24) is 14.9 Å². The van der Waals surface area contributed by atoms with Crippen LogP contribution >= 0.6 is 0 Å². The Kier molecular flexibility index (Phi) is 5.48. The number of para-hydroxylation sites is 2. The number of likely N-dealkylation sites (tertiary alicyclic amines) is 1. The number of amides is 1. The number of ether oxygens (including phenoxy) is 1. The predicted octanol–water partition coefficient (Wildman–Crippen LogP) is 3.49. The second-order valence-electron chi connectivity index (χ2n) is 6.35. The van der Waals surface area contributed by atoms with Gasteiger partial charge in [-0.25, -0.2) is 9.97 Å². The number of hydrogen-bond donors (Lipinski definition) is 1. The van der Waals surface area contributed by atoms with Crippen molar-refractivity contribution in [2.45, 2.75) is 26.7 Å². The van der Waals surface area contributed by atoms with Gasteiger partial charge in [0.05, 0.1) is 17.9 Å². The molecule has 0 radical (unpaired) electrons. The summed E-state index contributed by atoms with van der Waals surface area (Å²) in [6, 6.07) is 7.63. The quantitative estimate of drug-likeness (QED) is 0.902. The Labute approximate surface area is 148 Å². The Bertz CT molecular complexity index is 718. The van der Waals surface area contributed by atoms with E-state index in [0.29, 0.717) is 24.0 Å². The zero-order chi connectivity index (χ0) is 17.6. The van der Waals surface area contributed by atoms with Crippen LogP contribution in [0.5, 0.6) is 5.75 Å². The highest BCUT2D eigenvalue weighted by Crippen LogP contribution is 2.26. The molecule has 1 aromatic carbocycles. The number of rotatable bonds is 5. The molecule has 1 saturated heterocycles. The molecule has 1 unspecified atom stereocenters. The van der Waals surface area contributed by atoms with Gasteiger partial charge in [0.1, 0.15) is 5.75 Å². The molecule has 0 bridgehead atoms. The average molecular weight is 340 g/mol. The molecule has 25 heavy (non-hydrogen) atoms. The van der Waals surface area contributed by atoms with E-state index in [-0.39, 0.29) is 5.91 Å². The monoisotopic (exact) mass is 340 g/mol. The second-order valence-corrected chi connectivity index (χ2v) is 6.35. The van der Waals surface area contributed by atoms with Gasteiger partial charge in [0.25, 0.3) is 5.91 Å². The Morgan fingerprint density at radius 3 is 2.80 bits per heavy atom. The smallest absolute Gasteiger partial charge is 0.257 e. The van der Waals surface area contributed by atoms with Crippen molar-refractivity contribution in [2.24, 2.45) is 5.92 Å². The third-order valence-corrected chi connectivity index (χ3v) is 4.28. The molecule has 6 nitrogen and oxygen atoms in total. The van der Waals surface area contributed by atoms with E-state index in [9.17, 15) is 4.79 Å². The number of nitrogens with zero attached hydrogens (tertiary/aromatic N) is 3. The minimum atomic E-state index is 0.00724. The molecule has 132 valence electrons. The maximum Gasteiger partial charge on any atom is 0.257 e. The van der Waals surface area contributed by atoms with Gasteiger partial charge in [0, 0.05) is 25.5 Å². The summed E-state index contributed by atoms with van der Waals surface area (Å²) >= 11 is 0. The van der Waals surface area contributed by atoms with E-state index in [2.05, 4.69) is 22.2 Å². The van der Waals surface area contributed by atoms with Crippen molar-refractivity contribution >= 4 is 17.5 Å². The Morgan fingerprint density at radius 2 is 2.08 bits per heavy atom. The summed E-state index contributed by atoms with van der Waals surface area (Å²) < 4.78 is 5.58. The van der Waals surface area contributed by atoms with E-state index in [1.165, 1.54) is 6.42 Å². The van der Waals surface area contributed by atoms with Gasteiger partial charge >= 0.3 is 0 Å². The summed E-state index contributed by atoms with van der Waals surface area (Å²) in [5, 5.41) is 3.14. The van der Waals surface area contributed by atoms with Gasteiger partial charge in [0.2, 0.25) is 5.95 Å². The van der Waals surface area contributed by atoms with E-state index < -0.39 is 0 Å². The number of carbonyl (C=O) groups excluding carboxylic acids is 1. The number of benzene rings is 1. The van der Waals surface area contributed by atoms with Crippen molar-refractivity contribution in [2.75, 3.05) is 25.0 Å². The fourth-order valence-electron chi connectivity index (χ4n) is 3.03. The van der Waals surface area contributed by atoms with Gasteiger partial charge in [-0.15, -0.1) is 0 Å². The summed E-state index contributed by atoms with van der Waals surface area (Å²) in [6.45, 7) is 6.32. The van der Waals surface area contributed by atoms with Crippen LogP contribution in [0.15, 0.2) is 36.7 Å². The van der Waals surface area contributed by atoms with E-state index in [0.717, 1.165) is 30.9 Å². The van der Waals surface area contributed by atoms with E-state index in [1.54, 1.807) is 12.4 Å². The molecule has 2 heterocycles. The lowest BCUT2D eigenvalue weighted by atomic mass is 10.00. The van der Waals surface area contributed by atoms with Gasteiger partial charge in [-0.05, 0) is 37.8 Å². The molecule has 0 aliphatic carbocycles. The number of nitrogens with one attached hydrogen (secondary N) is 1. The van der Waals surface area contributed by atoms with Crippen LogP contribution in [0.4, 0.5) is 11.6 Å². The van der Waals surface area contributed by atoms with E-state index >= 15 is 0 Å². The molecular weight excluding hydrogens is 316 g/mol. The third kappa shape index (κ3) is 4.26. The number of anilines is 2. The summed E-state index contributed by atoms with van der Waals surface area (Å²) in [5.41, 5.74) is 1.33. The molecule has 0 saturated carbocycles. The minimum Gasteiger partial charge on any atom is -0.492 e. The molecule has 1 aliphatic rings. The van der Waals surface area contributed by atoms with Crippen molar-refractivity contribution in [3.8, 4) is 5.75 Å². The lowest BCUT2D eigenvalue weighted by molar-refractivity contribution is 0.0682. The Morgan fingerprint density at radius 1 is 1.32 bits per heavy atom. The highest BCUT2D eigenvalue weighted by molar-refractivity contribution is 5.93. The van der Waals surface area contributed by atoms with Crippen LogP contribution in [0.25, 0.3) is 0 Å². The number of piperidine rings is 1. The van der Waals surface area contributed by atoms with Crippen molar-refractivity contribution in [3.63, 3.8) is 0 Å². The van der Waals surface area contributed by atoms with Crippen LogP contribution in [-0.2, 0) is 0 Å². The molecule has 0 spiro atoms. The molecule has 1 fully saturated rings. The van der Waals surface area contributed by atoms with Crippen molar-refractivity contribution in [3.05, 3.63) is 42.2 Å². The molecule has 2 aromatic rings. The third-order valence-electron chi connectivity index (χ3n) is 4.28. The topological polar surface area (TPSA) is 67.3 Å². The standard InChI is InChI=1S/C19H24N4O2/c1-3-25-17-9-5-4-8-16(17)22-19-20-11-15(12-21-19)18(24)23-10-6-7-14(2)13-23/h4-5,8-9,11-12,14H,3,6-7,10,13H2,1-2H3,(H,20,21,22). The minimum absolute atomic E-state index is 0.00724. The fraction of sp³-hybridized carbons (Fsp3) is 0.421. The maximum atomic E-state index is 12.6. The average Bonchev–Trinajstić information content (AvgIpc) is 2.64. The molecule has 1 N–H and O–H groups in total. The summed E-state index contributed by atoms with van der Waals surface area (Å²) in [6.07, 6.45) is 5.41. The van der Waals surface area contributed by atoms with Crippen LogP contribution in [-0.4, -0.2) is 40.5 Å². The number of aromatic nitrogens is 2. The van der Waals surface area contributed by atoms with Crippen LogP contribution in [0.2, 0.25) is 0 Å². The first-order valence-corrected chi connectivity index (χ1v) is 8.77. The fourth-order valence-corrected chi connectivity index (χ4v) is 3.03. The lowest BCUT2D eigenvalue weighted by Gasteiger charge is -2.30. The van der Waals surface area contributed by atoms with Crippen LogP contribution in [0.1, 0.15) is 37.0 Å².